The van der Waals surface area contributed by atoms with Crippen LogP contribution < -0.4 is 4.72 Å². The predicted molar refractivity (Wildman–Crippen MR) is 110 cm³/mol. The summed E-state index contributed by atoms with van der Waals surface area (Å²) < 4.78 is 28.7. The Morgan fingerprint density at radius 3 is 2.70 bits per heavy atom. The van der Waals surface area contributed by atoms with Crippen molar-refractivity contribution in [3.05, 3.63) is 51.9 Å². The topological polar surface area (TPSA) is 82.3 Å². The fraction of sp³-hybridized carbons (Fsp3) is 0.278. The van der Waals surface area contributed by atoms with Crippen molar-refractivity contribution in [2.24, 2.45) is 0 Å². The number of aromatic amines is 1. The molecule has 0 radical (unpaired) electrons. The predicted octanol–water partition coefficient (Wildman–Crippen LogP) is 3.58. The molecule has 27 heavy (non-hydrogen) atoms. The first kappa shape index (κ1) is 18.7. The minimum absolute atomic E-state index is 0.0538. The Morgan fingerprint density at radius 2 is 2.00 bits per heavy atom. The number of fused-ring (bicyclic) bond motifs is 1. The Kier molecular flexibility index (Phi) is 5.11. The highest BCUT2D eigenvalue weighted by Gasteiger charge is 2.28. The van der Waals surface area contributed by atoms with E-state index in [0.29, 0.717) is 35.8 Å². The SMILES string of the molecule is O=C(c1cc2ccc(Br)cc2[nH]1)N1CCC(NS(=O)(=O)c2cccs2)CC1. The fourth-order valence-electron chi connectivity index (χ4n) is 3.28. The van der Waals surface area contributed by atoms with Gasteiger partial charge >= 0.3 is 0 Å². The quantitative estimate of drug-likeness (QED) is 0.614. The molecule has 4 rings (SSSR count). The van der Waals surface area contributed by atoms with Gasteiger partial charge in [0, 0.05) is 34.5 Å². The zero-order chi connectivity index (χ0) is 19.0. The van der Waals surface area contributed by atoms with Gasteiger partial charge in [0.15, 0.2) is 0 Å². The third kappa shape index (κ3) is 3.96. The number of nitrogens with one attached hydrogen (secondary N) is 2. The number of amides is 1. The summed E-state index contributed by atoms with van der Waals surface area (Å²) in [5, 5.41) is 2.73. The molecule has 142 valence electrons. The van der Waals surface area contributed by atoms with Gasteiger partial charge in [0.2, 0.25) is 10.0 Å². The van der Waals surface area contributed by atoms with Gasteiger partial charge < -0.3 is 9.88 Å². The van der Waals surface area contributed by atoms with Gasteiger partial charge in [0.1, 0.15) is 9.90 Å². The van der Waals surface area contributed by atoms with Crippen molar-refractivity contribution in [1.82, 2.24) is 14.6 Å². The molecule has 0 aliphatic carbocycles. The highest BCUT2D eigenvalue weighted by molar-refractivity contribution is 9.10. The summed E-state index contributed by atoms with van der Waals surface area (Å²) in [7, 11) is -3.47. The summed E-state index contributed by atoms with van der Waals surface area (Å²) in [6.45, 7) is 1.05. The van der Waals surface area contributed by atoms with Gasteiger partial charge in [-0.3, -0.25) is 4.79 Å². The van der Waals surface area contributed by atoms with Crippen LogP contribution in [0.3, 0.4) is 0 Å². The lowest BCUT2D eigenvalue weighted by Crippen LogP contribution is -2.46. The van der Waals surface area contributed by atoms with Gasteiger partial charge in [-0.2, -0.15) is 0 Å². The number of carbonyl (C=O) groups is 1. The zero-order valence-corrected chi connectivity index (χ0v) is 17.5. The number of likely N-dealkylation sites (tertiary alicyclic amines) is 1. The van der Waals surface area contributed by atoms with E-state index in [1.807, 2.05) is 24.3 Å². The maximum absolute atomic E-state index is 12.8. The number of nitrogens with zero attached hydrogens (tertiary/aromatic N) is 1. The number of aromatic nitrogens is 1. The number of hydrogen-bond acceptors (Lipinski definition) is 4. The van der Waals surface area contributed by atoms with Crippen LogP contribution in [0.25, 0.3) is 10.9 Å². The van der Waals surface area contributed by atoms with Crippen molar-refractivity contribution in [3.8, 4) is 0 Å². The van der Waals surface area contributed by atoms with E-state index in [0.717, 1.165) is 15.4 Å². The molecule has 1 amide bonds. The number of benzene rings is 1. The largest absolute Gasteiger partial charge is 0.350 e. The molecule has 1 aromatic carbocycles. The highest BCUT2D eigenvalue weighted by Crippen LogP contribution is 2.23. The van der Waals surface area contributed by atoms with E-state index in [4.69, 9.17) is 0 Å². The smallest absolute Gasteiger partial charge is 0.270 e. The highest BCUT2D eigenvalue weighted by atomic mass is 79.9. The van der Waals surface area contributed by atoms with Gasteiger partial charge in [0.05, 0.1) is 0 Å². The Balaban J connectivity index is 1.40. The number of H-pyrrole nitrogens is 1. The summed E-state index contributed by atoms with van der Waals surface area (Å²) in [5.41, 5.74) is 1.46. The van der Waals surface area contributed by atoms with Crippen LogP contribution in [-0.4, -0.2) is 43.3 Å². The molecule has 0 bridgehead atoms. The minimum atomic E-state index is -3.47. The molecule has 1 saturated heterocycles. The molecule has 6 nitrogen and oxygen atoms in total. The standard InChI is InChI=1S/C18H18BrN3O3S2/c19-13-4-3-12-10-16(20-15(12)11-13)18(23)22-7-5-14(6-8-22)21-27(24,25)17-2-1-9-26-17/h1-4,9-11,14,20-21H,5-8H2. The maximum atomic E-state index is 12.8. The first-order chi connectivity index (χ1) is 12.9. The van der Waals surface area contributed by atoms with Gasteiger partial charge in [-0.05, 0) is 42.5 Å². The van der Waals surface area contributed by atoms with Crippen LogP contribution >= 0.6 is 27.3 Å². The third-order valence-electron chi connectivity index (χ3n) is 4.68. The average molecular weight is 468 g/mol. The molecule has 1 aliphatic heterocycles. The molecule has 0 saturated carbocycles. The number of sulfonamides is 1. The fourth-order valence-corrected chi connectivity index (χ4v) is 5.95. The number of hydrogen-bond donors (Lipinski definition) is 2. The summed E-state index contributed by atoms with van der Waals surface area (Å²) in [6, 6.07) is 10.9. The van der Waals surface area contributed by atoms with Crippen molar-refractivity contribution >= 4 is 54.1 Å². The van der Waals surface area contributed by atoms with Crippen molar-refractivity contribution in [2.45, 2.75) is 23.1 Å². The van der Waals surface area contributed by atoms with Gasteiger partial charge in [-0.1, -0.05) is 28.1 Å². The first-order valence-electron chi connectivity index (χ1n) is 8.56. The molecule has 2 N–H and O–H groups in total. The maximum Gasteiger partial charge on any atom is 0.270 e. The molecule has 0 atom stereocenters. The van der Waals surface area contributed by atoms with Crippen LogP contribution in [0.4, 0.5) is 0 Å². The monoisotopic (exact) mass is 467 g/mol. The van der Waals surface area contributed by atoms with E-state index in [1.165, 1.54) is 11.3 Å². The van der Waals surface area contributed by atoms with E-state index >= 15 is 0 Å². The Hall–Kier alpha value is -1.68. The van der Waals surface area contributed by atoms with Crippen molar-refractivity contribution in [2.75, 3.05) is 13.1 Å². The van der Waals surface area contributed by atoms with E-state index in [-0.39, 0.29) is 11.9 Å². The summed E-state index contributed by atoms with van der Waals surface area (Å²) in [6.07, 6.45) is 1.20. The molecule has 9 heteroatoms. The summed E-state index contributed by atoms with van der Waals surface area (Å²) in [5.74, 6) is -0.0538. The third-order valence-corrected chi connectivity index (χ3v) is 8.09. The zero-order valence-electron chi connectivity index (χ0n) is 14.3. The summed E-state index contributed by atoms with van der Waals surface area (Å²) in [4.78, 5) is 17.7. The average Bonchev–Trinajstić information content (AvgIpc) is 3.31. The molecule has 0 unspecified atom stereocenters. The van der Waals surface area contributed by atoms with Gasteiger partial charge in [-0.25, -0.2) is 13.1 Å². The minimum Gasteiger partial charge on any atom is -0.350 e. The van der Waals surface area contributed by atoms with E-state index in [2.05, 4.69) is 25.6 Å². The second-order valence-electron chi connectivity index (χ2n) is 6.53. The second kappa shape index (κ2) is 7.38. The van der Waals surface area contributed by atoms with Crippen LogP contribution in [0.1, 0.15) is 23.3 Å². The van der Waals surface area contributed by atoms with E-state index in [1.54, 1.807) is 22.4 Å². The number of carbonyl (C=O) groups excluding carboxylic acids is 1. The first-order valence-corrected chi connectivity index (χ1v) is 11.7. The number of piperidine rings is 1. The van der Waals surface area contributed by atoms with Gasteiger partial charge in [0.25, 0.3) is 5.91 Å². The number of halogens is 1. The Morgan fingerprint density at radius 1 is 1.22 bits per heavy atom. The Labute approximate surface area is 169 Å². The lowest BCUT2D eigenvalue weighted by atomic mass is 10.1. The molecule has 2 aromatic heterocycles. The Bertz CT molecular complexity index is 1070. The number of rotatable bonds is 4. The normalized spacial score (nSPS) is 16.1. The van der Waals surface area contributed by atoms with Crippen LogP contribution in [0, 0.1) is 0 Å². The molecule has 1 aliphatic rings. The molecule has 0 spiro atoms. The van der Waals surface area contributed by atoms with Crippen molar-refractivity contribution < 1.29 is 13.2 Å². The van der Waals surface area contributed by atoms with Crippen LogP contribution in [0.5, 0.6) is 0 Å². The number of thiophene rings is 1. The van der Waals surface area contributed by atoms with E-state index < -0.39 is 10.0 Å². The van der Waals surface area contributed by atoms with Crippen molar-refractivity contribution in [1.29, 1.82) is 0 Å². The van der Waals surface area contributed by atoms with Crippen LogP contribution in [0.2, 0.25) is 0 Å². The van der Waals surface area contributed by atoms with Gasteiger partial charge in [-0.15, -0.1) is 11.3 Å². The van der Waals surface area contributed by atoms with Crippen molar-refractivity contribution in [3.63, 3.8) is 0 Å². The molecule has 3 heterocycles. The molecule has 1 fully saturated rings. The lowest BCUT2D eigenvalue weighted by molar-refractivity contribution is 0.0706. The summed E-state index contributed by atoms with van der Waals surface area (Å²) >= 11 is 4.63. The van der Waals surface area contributed by atoms with Crippen LogP contribution in [0.15, 0.2) is 50.5 Å². The molecule has 3 aromatic rings. The second-order valence-corrected chi connectivity index (χ2v) is 10.3. The molecular weight excluding hydrogens is 450 g/mol. The lowest BCUT2D eigenvalue weighted by Gasteiger charge is -2.31. The van der Waals surface area contributed by atoms with Crippen LogP contribution in [-0.2, 0) is 10.0 Å². The van der Waals surface area contributed by atoms with E-state index in [9.17, 15) is 13.2 Å². The molecular formula is C18H18BrN3O3S2.